The van der Waals surface area contributed by atoms with Crippen LogP contribution in [0.25, 0.3) is 0 Å². The van der Waals surface area contributed by atoms with Crippen LogP contribution in [0.3, 0.4) is 0 Å². The average molecular weight is 323 g/mol. The van der Waals surface area contributed by atoms with Crippen LogP contribution in [0.15, 0.2) is 36.5 Å². The predicted octanol–water partition coefficient (Wildman–Crippen LogP) is 3.64. The summed E-state index contributed by atoms with van der Waals surface area (Å²) in [5.41, 5.74) is 1.36. The second-order valence-corrected chi connectivity index (χ2v) is 5.49. The second-order valence-electron chi connectivity index (χ2n) is 4.69. The SMILES string of the molecule is O=C(NC1CCOc2c(Cl)cccc21)c1ccc(Cl)nc1. The number of hydrogen-bond donors (Lipinski definition) is 1. The lowest BCUT2D eigenvalue weighted by molar-refractivity contribution is 0.0924. The summed E-state index contributed by atoms with van der Waals surface area (Å²) in [5.74, 6) is 0.446. The number of pyridine rings is 1. The number of carbonyl (C=O) groups is 1. The molecule has 108 valence electrons. The van der Waals surface area contributed by atoms with E-state index >= 15 is 0 Å². The molecule has 0 radical (unpaired) electrons. The largest absolute Gasteiger partial charge is 0.492 e. The van der Waals surface area contributed by atoms with Crippen molar-refractivity contribution in [3.63, 3.8) is 0 Å². The van der Waals surface area contributed by atoms with E-state index in [9.17, 15) is 4.79 Å². The van der Waals surface area contributed by atoms with E-state index in [0.29, 0.717) is 34.5 Å². The van der Waals surface area contributed by atoms with Gasteiger partial charge in [-0.1, -0.05) is 35.3 Å². The van der Waals surface area contributed by atoms with Gasteiger partial charge in [0, 0.05) is 18.2 Å². The standard InChI is InChI=1S/C15H12Cl2N2O2/c16-11-3-1-2-10-12(6-7-21-14(10)11)19-15(20)9-4-5-13(17)18-8-9/h1-5,8,12H,6-7H2,(H,19,20). The summed E-state index contributed by atoms with van der Waals surface area (Å²) in [5, 5.41) is 3.89. The molecule has 6 heteroatoms. The van der Waals surface area contributed by atoms with Crippen molar-refractivity contribution in [3.8, 4) is 5.75 Å². The molecule has 0 bridgehead atoms. The van der Waals surface area contributed by atoms with Crippen LogP contribution in [0, 0.1) is 0 Å². The number of benzene rings is 1. The molecule has 1 aliphatic heterocycles. The number of halogens is 2. The quantitative estimate of drug-likeness (QED) is 0.859. The van der Waals surface area contributed by atoms with Crippen molar-refractivity contribution in [3.05, 3.63) is 57.8 Å². The second kappa shape index (κ2) is 5.92. The summed E-state index contributed by atoms with van der Waals surface area (Å²) in [7, 11) is 0. The highest BCUT2D eigenvalue weighted by Crippen LogP contribution is 2.37. The molecule has 0 saturated carbocycles. The van der Waals surface area contributed by atoms with E-state index in [1.807, 2.05) is 12.1 Å². The lowest BCUT2D eigenvalue weighted by Crippen LogP contribution is -2.32. The molecule has 3 rings (SSSR count). The van der Waals surface area contributed by atoms with E-state index in [-0.39, 0.29) is 11.9 Å². The molecule has 1 amide bonds. The number of fused-ring (bicyclic) bond motifs is 1. The van der Waals surface area contributed by atoms with Gasteiger partial charge in [0.25, 0.3) is 5.91 Å². The Morgan fingerprint density at radius 2 is 2.14 bits per heavy atom. The van der Waals surface area contributed by atoms with Crippen LogP contribution in [0.2, 0.25) is 10.2 Å². The van der Waals surface area contributed by atoms with Crippen LogP contribution in [0.5, 0.6) is 5.75 Å². The van der Waals surface area contributed by atoms with Gasteiger partial charge in [-0.05, 0) is 18.2 Å². The summed E-state index contributed by atoms with van der Waals surface area (Å²) >= 11 is 11.8. The van der Waals surface area contributed by atoms with Crippen molar-refractivity contribution in [2.45, 2.75) is 12.5 Å². The van der Waals surface area contributed by atoms with Crippen molar-refractivity contribution >= 4 is 29.1 Å². The van der Waals surface area contributed by atoms with Gasteiger partial charge in [-0.2, -0.15) is 0 Å². The van der Waals surface area contributed by atoms with Gasteiger partial charge >= 0.3 is 0 Å². The molecule has 1 aromatic heterocycles. The number of amides is 1. The fraction of sp³-hybridized carbons (Fsp3) is 0.200. The average Bonchev–Trinajstić information content (AvgIpc) is 2.49. The first-order valence-corrected chi connectivity index (χ1v) is 7.24. The van der Waals surface area contributed by atoms with Gasteiger partial charge in [0.1, 0.15) is 10.9 Å². The Bertz CT molecular complexity index is 674. The first kappa shape index (κ1) is 14.2. The van der Waals surface area contributed by atoms with Crippen molar-refractivity contribution < 1.29 is 9.53 Å². The molecule has 0 saturated heterocycles. The van der Waals surface area contributed by atoms with E-state index in [1.165, 1.54) is 6.20 Å². The Balaban J connectivity index is 1.82. The molecule has 0 aliphatic carbocycles. The molecule has 2 heterocycles. The molecular weight excluding hydrogens is 311 g/mol. The molecule has 0 spiro atoms. The Kier molecular flexibility index (Phi) is 3.99. The van der Waals surface area contributed by atoms with Gasteiger partial charge in [0.05, 0.1) is 23.2 Å². The molecule has 1 aromatic carbocycles. The van der Waals surface area contributed by atoms with Gasteiger partial charge in [-0.3, -0.25) is 4.79 Å². The number of ether oxygens (including phenoxy) is 1. The van der Waals surface area contributed by atoms with Gasteiger partial charge in [-0.25, -0.2) is 4.98 Å². The van der Waals surface area contributed by atoms with Crippen molar-refractivity contribution in [1.29, 1.82) is 0 Å². The summed E-state index contributed by atoms with van der Waals surface area (Å²) in [6.07, 6.45) is 2.15. The maximum Gasteiger partial charge on any atom is 0.253 e. The smallest absolute Gasteiger partial charge is 0.253 e. The third-order valence-electron chi connectivity index (χ3n) is 3.32. The van der Waals surface area contributed by atoms with Crippen LogP contribution in [-0.2, 0) is 0 Å². The first-order chi connectivity index (χ1) is 10.1. The van der Waals surface area contributed by atoms with Gasteiger partial charge in [0.2, 0.25) is 0 Å². The summed E-state index contributed by atoms with van der Waals surface area (Å²) in [6.45, 7) is 0.514. The molecule has 2 aromatic rings. The molecule has 1 unspecified atom stereocenters. The van der Waals surface area contributed by atoms with Gasteiger partial charge in [-0.15, -0.1) is 0 Å². The minimum absolute atomic E-state index is 0.129. The lowest BCUT2D eigenvalue weighted by atomic mass is 10.00. The van der Waals surface area contributed by atoms with E-state index in [1.54, 1.807) is 18.2 Å². The zero-order valence-corrected chi connectivity index (χ0v) is 12.5. The van der Waals surface area contributed by atoms with Crippen molar-refractivity contribution in [1.82, 2.24) is 10.3 Å². The fourth-order valence-corrected chi connectivity index (χ4v) is 2.64. The highest BCUT2D eigenvalue weighted by Gasteiger charge is 2.25. The normalized spacial score (nSPS) is 16.8. The Morgan fingerprint density at radius 3 is 2.90 bits per heavy atom. The number of nitrogens with one attached hydrogen (secondary N) is 1. The highest BCUT2D eigenvalue weighted by atomic mass is 35.5. The van der Waals surface area contributed by atoms with Gasteiger partial charge in [0.15, 0.2) is 0 Å². The monoisotopic (exact) mass is 322 g/mol. The topological polar surface area (TPSA) is 51.2 Å². The first-order valence-electron chi connectivity index (χ1n) is 6.49. The molecule has 1 aliphatic rings. The maximum atomic E-state index is 12.3. The van der Waals surface area contributed by atoms with Crippen LogP contribution in [-0.4, -0.2) is 17.5 Å². The number of para-hydroxylation sites is 1. The van der Waals surface area contributed by atoms with Gasteiger partial charge < -0.3 is 10.1 Å². The van der Waals surface area contributed by atoms with E-state index in [0.717, 1.165) is 5.56 Å². The van der Waals surface area contributed by atoms with Crippen LogP contribution < -0.4 is 10.1 Å². The number of carbonyl (C=O) groups excluding carboxylic acids is 1. The minimum atomic E-state index is -0.197. The molecule has 21 heavy (non-hydrogen) atoms. The fourth-order valence-electron chi connectivity index (χ4n) is 2.29. The Hall–Kier alpha value is -1.78. The summed E-state index contributed by atoms with van der Waals surface area (Å²) < 4.78 is 5.57. The molecular formula is C15H12Cl2N2O2. The number of hydrogen-bond acceptors (Lipinski definition) is 3. The third-order valence-corrected chi connectivity index (χ3v) is 3.84. The lowest BCUT2D eigenvalue weighted by Gasteiger charge is -2.27. The molecule has 1 atom stereocenters. The molecule has 0 fully saturated rings. The Morgan fingerprint density at radius 1 is 1.29 bits per heavy atom. The predicted molar refractivity (Wildman–Crippen MR) is 81.0 cm³/mol. The van der Waals surface area contributed by atoms with E-state index < -0.39 is 0 Å². The molecule has 1 N–H and O–H groups in total. The third kappa shape index (κ3) is 2.96. The summed E-state index contributed by atoms with van der Waals surface area (Å²) in [4.78, 5) is 16.2. The van der Waals surface area contributed by atoms with Crippen LogP contribution in [0.1, 0.15) is 28.4 Å². The number of nitrogens with zero attached hydrogens (tertiary/aromatic N) is 1. The van der Waals surface area contributed by atoms with Crippen LogP contribution >= 0.6 is 23.2 Å². The van der Waals surface area contributed by atoms with Crippen molar-refractivity contribution in [2.75, 3.05) is 6.61 Å². The summed E-state index contributed by atoms with van der Waals surface area (Å²) in [6, 6.07) is 8.63. The number of aromatic nitrogens is 1. The van der Waals surface area contributed by atoms with E-state index in [4.69, 9.17) is 27.9 Å². The minimum Gasteiger partial charge on any atom is -0.492 e. The maximum absolute atomic E-state index is 12.3. The Labute approximate surface area is 132 Å². The van der Waals surface area contributed by atoms with Crippen LogP contribution in [0.4, 0.5) is 0 Å². The number of rotatable bonds is 2. The highest BCUT2D eigenvalue weighted by molar-refractivity contribution is 6.32. The van der Waals surface area contributed by atoms with E-state index in [2.05, 4.69) is 10.3 Å². The zero-order chi connectivity index (χ0) is 14.8. The zero-order valence-electron chi connectivity index (χ0n) is 11.0. The van der Waals surface area contributed by atoms with Crippen molar-refractivity contribution in [2.24, 2.45) is 0 Å². The molecule has 4 nitrogen and oxygen atoms in total.